The first-order valence-corrected chi connectivity index (χ1v) is 9.01. The van der Waals surface area contributed by atoms with Crippen LogP contribution in [0.3, 0.4) is 0 Å². The molecule has 0 radical (unpaired) electrons. The zero-order valence-electron chi connectivity index (χ0n) is 14.3. The average Bonchev–Trinajstić information content (AvgIpc) is 3.16. The predicted octanol–water partition coefficient (Wildman–Crippen LogP) is 4.20. The largest absolute Gasteiger partial charge is 0.324 e. The molecule has 2 aromatic heterocycles. The standard InChI is InChI=1S/C19H26N4O/c1-2-16(12-15-6-4-3-5-7-15)19(24)22-17-8-9-18(21-13-17)23-11-10-20-14-23/h8-11,13-16H,2-7,12H2,1H3,(H,22,24). The van der Waals surface area contributed by atoms with Crippen molar-refractivity contribution in [3.05, 3.63) is 37.1 Å². The quantitative estimate of drug-likeness (QED) is 0.865. The highest BCUT2D eigenvalue weighted by molar-refractivity contribution is 5.92. The van der Waals surface area contributed by atoms with Gasteiger partial charge >= 0.3 is 0 Å². The Morgan fingerprint density at radius 3 is 2.79 bits per heavy atom. The van der Waals surface area contributed by atoms with Gasteiger partial charge in [0.05, 0.1) is 11.9 Å². The molecule has 1 amide bonds. The van der Waals surface area contributed by atoms with E-state index in [0.29, 0.717) is 0 Å². The van der Waals surface area contributed by atoms with Crippen LogP contribution < -0.4 is 5.32 Å². The van der Waals surface area contributed by atoms with Crippen LogP contribution in [0.1, 0.15) is 51.9 Å². The molecule has 1 N–H and O–H groups in total. The van der Waals surface area contributed by atoms with Gasteiger partial charge in [-0.15, -0.1) is 0 Å². The zero-order valence-corrected chi connectivity index (χ0v) is 14.3. The van der Waals surface area contributed by atoms with Gasteiger partial charge in [-0.05, 0) is 30.9 Å². The number of hydrogen-bond acceptors (Lipinski definition) is 3. The van der Waals surface area contributed by atoms with Gasteiger partial charge in [0, 0.05) is 18.3 Å². The number of imidazole rings is 1. The lowest BCUT2D eigenvalue weighted by Crippen LogP contribution is -2.25. The molecule has 1 unspecified atom stereocenters. The topological polar surface area (TPSA) is 59.8 Å². The second-order valence-electron chi connectivity index (χ2n) is 6.71. The average molecular weight is 326 g/mol. The normalized spacial score (nSPS) is 16.7. The van der Waals surface area contributed by atoms with E-state index >= 15 is 0 Å². The van der Waals surface area contributed by atoms with Crippen molar-refractivity contribution in [1.82, 2.24) is 14.5 Å². The Labute approximate surface area is 143 Å². The number of amides is 1. The highest BCUT2D eigenvalue weighted by Crippen LogP contribution is 2.30. The van der Waals surface area contributed by atoms with Crippen molar-refractivity contribution in [3.63, 3.8) is 0 Å². The van der Waals surface area contributed by atoms with Crippen LogP contribution >= 0.6 is 0 Å². The van der Waals surface area contributed by atoms with Crippen LogP contribution in [-0.4, -0.2) is 20.4 Å². The van der Waals surface area contributed by atoms with Gasteiger partial charge in [0.2, 0.25) is 5.91 Å². The van der Waals surface area contributed by atoms with Crippen LogP contribution in [0.25, 0.3) is 5.82 Å². The summed E-state index contributed by atoms with van der Waals surface area (Å²) in [4.78, 5) is 21.0. The third-order valence-corrected chi connectivity index (χ3v) is 4.99. The van der Waals surface area contributed by atoms with Crippen LogP contribution in [0.4, 0.5) is 5.69 Å². The number of carbonyl (C=O) groups excluding carboxylic acids is 1. The van der Waals surface area contributed by atoms with Crippen molar-refractivity contribution in [2.24, 2.45) is 11.8 Å². The summed E-state index contributed by atoms with van der Waals surface area (Å²) in [5, 5.41) is 3.03. The summed E-state index contributed by atoms with van der Waals surface area (Å²) in [6.45, 7) is 2.10. The van der Waals surface area contributed by atoms with Gasteiger partial charge < -0.3 is 5.32 Å². The number of aromatic nitrogens is 3. The van der Waals surface area contributed by atoms with Crippen LogP contribution in [0.5, 0.6) is 0 Å². The first-order valence-electron chi connectivity index (χ1n) is 9.01. The molecule has 0 saturated heterocycles. The van der Waals surface area contributed by atoms with Crippen LogP contribution in [0, 0.1) is 11.8 Å². The second kappa shape index (κ2) is 8.08. The third kappa shape index (κ3) is 4.22. The van der Waals surface area contributed by atoms with Gasteiger partial charge in [0.15, 0.2) is 0 Å². The number of anilines is 1. The molecule has 128 valence electrons. The lowest BCUT2D eigenvalue weighted by molar-refractivity contribution is -0.120. The van der Waals surface area contributed by atoms with Crippen molar-refractivity contribution in [1.29, 1.82) is 0 Å². The number of rotatable bonds is 6. The molecule has 2 heterocycles. The summed E-state index contributed by atoms with van der Waals surface area (Å²) in [6, 6.07) is 3.78. The van der Waals surface area contributed by atoms with E-state index in [1.807, 2.05) is 22.9 Å². The first kappa shape index (κ1) is 16.7. The smallest absolute Gasteiger partial charge is 0.227 e. The molecule has 1 saturated carbocycles. The highest BCUT2D eigenvalue weighted by Gasteiger charge is 2.23. The lowest BCUT2D eigenvalue weighted by atomic mass is 9.82. The molecule has 2 aromatic rings. The summed E-state index contributed by atoms with van der Waals surface area (Å²) in [5.41, 5.74) is 0.756. The number of nitrogens with zero attached hydrogens (tertiary/aromatic N) is 3. The summed E-state index contributed by atoms with van der Waals surface area (Å²) >= 11 is 0. The van der Waals surface area contributed by atoms with Gasteiger partial charge in [-0.1, -0.05) is 39.0 Å². The van der Waals surface area contributed by atoms with Crippen LogP contribution in [0.15, 0.2) is 37.1 Å². The molecule has 0 spiro atoms. The van der Waals surface area contributed by atoms with Crippen LogP contribution in [-0.2, 0) is 4.79 Å². The van der Waals surface area contributed by atoms with E-state index in [-0.39, 0.29) is 11.8 Å². The Hall–Kier alpha value is -2.17. The van der Waals surface area contributed by atoms with E-state index < -0.39 is 0 Å². The van der Waals surface area contributed by atoms with E-state index in [9.17, 15) is 4.79 Å². The minimum atomic E-state index is 0.0985. The van der Waals surface area contributed by atoms with Gasteiger partial charge in [-0.25, -0.2) is 9.97 Å². The Balaban J connectivity index is 1.58. The summed E-state index contributed by atoms with van der Waals surface area (Å²) in [6.07, 6.45) is 15.4. The lowest BCUT2D eigenvalue weighted by Gasteiger charge is -2.25. The van der Waals surface area contributed by atoms with Gasteiger partial charge in [0.25, 0.3) is 0 Å². The first-order chi connectivity index (χ1) is 11.8. The molecule has 1 aliphatic rings. The summed E-state index contributed by atoms with van der Waals surface area (Å²) < 4.78 is 1.84. The molecule has 5 heteroatoms. The van der Waals surface area contributed by atoms with E-state index in [1.165, 1.54) is 32.1 Å². The molecule has 0 aromatic carbocycles. The highest BCUT2D eigenvalue weighted by atomic mass is 16.1. The molecule has 1 atom stereocenters. The van der Waals surface area contributed by atoms with Gasteiger partial charge in [-0.2, -0.15) is 0 Å². The minimum Gasteiger partial charge on any atom is -0.324 e. The minimum absolute atomic E-state index is 0.0985. The monoisotopic (exact) mass is 326 g/mol. The van der Waals surface area contributed by atoms with E-state index in [1.54, 1.807) is 18.7 Å². The molecule has 3 rings (SSSR count). The molecular formula is C19H26N4O. The fourth-order valence-corrected chi connectivity index (χ4v) is 3.54. The maximum atomic E-state index is 12.6. The molecule has 1 fully saturated rings. The van der Waals surface area contributed by atoms with Crippen LogP contribution in [0.2, 0.25) is 0 Å². The third-order valence-electron chi connectivity index (χ3n) is 4.99. The molecule has 1 aliphatic carbocycles. The molecule has 5 nitrogen and oxygen atoms in total. The SMILES string of the molecule is CCC(CC1CCCCC1)C(=O)Nc1ccc(-n2ccnc2)nc1. The number of pyridine rings is 1. The molecule has 0 bridgehead atoms. The Morgan fingerprint density at radius 1 is 1.33 bits per heavy atom. The zero-order chi connectivity index (χ0) is 16.8. The maximum Gasteiger partial charge on any atom is 0.227 e. The van der Waals surface area contributed by atoms with E-state index in [2.05, 4.69) is 22.2 Å². The van der Waals surface area contributed by atoms with Crippen molar-refractivity contribution >= 4 is 11.6 Å². The second-order valence-corrected chi connectivity index (χ2v) is 6.71. The molecule has 24 heavy (non-hydrogen) atoms. The molecular weight excluding hydrogens is 300 g/mol. The summed E-state index contributed by atoms with van der Waals surface area (Å²) in [5.74, 6) is 1.73. The number of nitrogens with one attached hydrogen (secondary N) is 1. The Kier molecular flexibility index (Phi) is 5.62. The Morgan fingerprint density at radius 2 is 2.17 bits per heavy atom. The van der Waals surface area contributed by atoms with Crippen molar-refractivity contribution in [3.8, 4) is 5.82 Å². The number of carbonyl (C=O) groups is 1. The predicted molar refractivity (Wildman–Crippen MR) is 95.0 cm³/mol. The van der Waals surface area contributed by atoms with Gasteiger partial charge in [-0.3, -0.25) is 9.36 Å². The fourth-order valence-electron chi connectivity index (χ4n) is 3.54. The number of hydrogen-bond donors (Lipinski definition) is 1. The van der Waals surface area contributed by atoms with E-state index in [0.717, 1.165) is 30.3 Å². The fraction of sp³-hybridized carbons (Fsp3) is 0.526. The summed E-state index contributed by atoms with van der Waals surface area (Å²) in [7, 11) is 0. The Bertz CT molecular complexity index is 630. The van der Waals surface area contributed by atoms with Crippen molar-refractivity contribution in [2.45, 2.75) is 51.9 Å². The molecule has 0 aliphatic heterocycles. The van der Waals surface area contributed by atoms with Crippen molar-refractivity contribution < 1.29 is 4.79 Å². The van der Waals surface area contributed by atoms with Gasteiger partial charge in [0.1, 0.15) is 12.1 Å². The maximum absolute atomic E-state index is 12.6. The van der Waals surface area contributed by atoms with E-state index in [4.69, 9.17) is 0 Å². The van der Waals surface area contributed by atoms with Crippen molar-refractivity contribution in [2.75, 3.05) is 5.32 Å².